The van der Waals surface area contributed by atoms with Crippen molar-refractivity contribution in [2.24, 2.45) is 0 Å². The van der Waals surface area contributed by atoms with E-state index in [0.29, 0.717) is 23.9 Å². The molecule has 0 unspecified atom stereocenters. The number of benzene rings is 1. The van der Waals surface area contributed by atoms with E-state index in [0.717, 1.165) is 12.0 Å². The maximum atomic E-state index is 11.9. The Morgan fingerprint density at radius 1 is 1.53 bits per heavy atom. The van der Waals surface area contributed by atoms with Crippen molar-refractivity contribution in [3.05, 3.63) is 28.8 Å². The number of amides is 2. The number of carbonyl (C=O) groups is 2. The first-order valence-corrected chi connectivity index (χ1v) is 6.42. The van der Waals surface area contributed by atoms with Crippen molar-refractivity contribution < 1.29 is 14.3 Å². The normalized spacial score (nSPS) is 15.1. The molecule has 0 aliphatic carbocycles. The van der Waals surface area contributed by atoms with Crippen LogP contribution in [0, 0.1) is 6.92 Å². The van der Waals surface area contributed by atoms with Crippen molar-refractivity contribution in [1.82, 2.24) is 4.90 Å². The van der Waals surface area contributed by atoms with E-state index >= 15 is 0 Å². The lowest BCUT2D eigenvalue weighted by molar-refractivity contribution is -0.117. The minimum Gasteiger partial charge on any atom is -0.449 e. The van der Waals surface area contributed by atoms with Crippen LogP contribution >= 0.6 is 11.6 Å². The van der Waals surface area contributed by atoms with Crippen molar-refractivity contribution in [1.29, 1.82) is 0 Å². The molecule has 0 bridgehead atoms. The molecule has 1 aromatic rings. The quantitative estimate of drug-likeness (QED) is 0.926. The van der Waals surface area contributed by atoms with Crippen LogP contribution in [0.5, 0.6) is 0 Å². The van der Waals surface area contributed by atoms with Crippen LogP contribution in [0.25, 0.3) is 0 Å². The van der Waals surface area contributed by atoms with Crippen LogP contribution in [-0.2, 0) is 9.53 Å². The van der Waals surface area contributed by atoms with E-state index in [1.807, 2.05) is 6.92 Å². The Morgan fingerprint density at radius 3 is 3.00 bits per heavy atom. The Bertz CT molecular complexity index is 505. The molecule has 1 saturated heterocycles. The van der Waals surface area contributed by atoms with Gasteiger partial charge in [0.15, 0.2) is 0 Å². The lowest BCUT2D eigenvalue weighted by atomic mass is 10.2. The third kappa shape index (κ3) is 3.61. The third-order valence-electron chi connectivity index (χ3n) is 2.85. The van der Waals surface area contributed by atoms with Crippen molar-refractivity contribution in [2.45, 2.75) is 13.3 Å². The van der Waals surface area contributed by atoms with E-state index in [-0.39, 0.29) is 12.5 Å². The number of aryl methyl sites for hydroxylation is 1. The highest BCUT2D eigenvalue weighted by molar-refractivity contribution is 6.30. The number of hydrogen-bond acceptors (Lipinski definition) is 3. The predicted molar refractivity (Wildman–Crippen MR) is 72.4 cm³/mol. The summed E-state index contributed by atoms with van der Waals surface area (Å²) in [4.78, 5) is 24.7. The van der Waals surface area contributed by atoms with Gasteiger partial charge in [-0.05, 0) is 37.1 Å². The van der Waals surface area contributed by atoms with Gasteiger partial charge in [-0.2, -0.15) is 0 Å². The summed E-state index contributed by atoms with van der Waals surface area (Å²) in [6.07, 6.45) is 0.313. The fourth-order valence-corrected chi connectivity index (χ4v) is 2.10. The van der Waals surface area contributed by atoms with Crippen LogP contribution in [0.3, 0.4) is 0 Å². The molecular weight excluding hydrogens is 268 g/mol. The summed E-state index contributed by atoms with van der Waals surface area (Å²) in [6.45, 7) is 2.83. The number of carbonyl (C=O) groups excluding carboxylic acids is 2. The number of anilines is 1. The molecule has 0 radical (unpaired) electrons. The molecule has 1 aliphatic rings. The molecule has 5 nitrogen and oxygen atoms in total. The molecule has 1 N–H and O–H groups in total. The van der Waals surface area contributed by atoms with Crippen molar-refractivity contribution in [2.75, 3.05) is 25.0 Å². The standard InChI is InChI=1S/C13H15ClN2O3/c1-9-7-10(14)3-4-11(9)15-12(17)8-16-5-2-6-19-13(16)18/h3-4,7H,2,5-6,8H2,1H3,(H,15,17). The van der Waals surface area contributed by atoms with Gasteiger partial charge in [0.25, 0.3) is 0 Å². The van der Waals surface area contributed by atoms with E-state index in [1.54, 1.807) is 18.2 Å². The summed E-state index contributed by atoms with van der Waals surface area (Å²) in [7, 11) is 0. The summed E-state index contributed by atoms with van der Waals surface area (Å²) in [5.41, 5.74) is 1.57. The first-order chi connectivity index (χ1) is 9.06. The average molecular weight is 283 g/mol. The molecule has 1 aliphatic heterocycles. The highest BCUT2D eigenvalue weighted by Crippen LogP contribution is 2.19. The number of ether oxygens (including phenoxy) is 1. The first kappa shape index (κ1) is 13.7. The Kier molecular flexibility index (Phi) is 4.27. The van der Waals surface area contributed by atoms with E-state index in [2.05, 4.69) is 5.32 Å². The second-order valence-electron chi connectivity index (χ2n) is 4.40. The second kappa shape index (κ2) is 5.93. The number of rotatable bonds is 3. The number of hydrogen-bond donors (Lipinski definition) is 1. The molecule has 0 saturated carbocycles. The molecule has 1 heterocycles. The van der Waals surface area contributed by atoms with Crippen LogP contribution in [0.15, 0.2) is 18.2 Å². The second-order valence-corrected chi connectivity index (χ2v) is 4.83. The van der Waals surface area contributed by atoms with Gasteiger partial charge in [-0.15, -0.1) is 0 Å². The van der Waals surface area contributed by atoms with Gasteiger partial charge in [0, 0.05) is 17.3 Å². The monoisotopic (exact) mass is 282 g/mol. The zero-order valence-electron chi connectivity index (χ0n) is 10.6. The molecule has 1 aromatic carbocycles. The maximum Gasteiger partial charge on any atom is 0.410 e. The van der Waals surface area contributed by atoms with Gasteiger partial charge in [0.1, 0.15) is 6.54 Å². The topological polar surface area (TPSA) is 58.6 Å². The lowest BCUT2D eigenvalue weighted by Gasteiger charge is -2.25. The van der Waals surface area contributed by atoms with Crippen molar-refractivity contribution >= 4 is 29.3 Å². The molecule has 1 fully saturated rings. The Balaban J connectivity index is 1.95. The molecule has 0 atom stereocenters. The van der Waals surface area contributed by atoms with Gasteiger partial charge < -0.3 is 10.1 Å². The average Bonchev–Trinajstić information content (AvgIpc) is 2.36. The largest absolute Gasteiger partial charge is 0.449 e. The maximum absolute atomic E-state index is 11.9. The third-order valence-corrected chi connectivity index (χ3v) is 3.09. The fraction of sp³-hybridized carbons (Fsp3) is 0.385. The molecule has 0 aromatic heterocycles. The molecule has 0 spiro atoms. The van der Waals surface area contributed by atoms with Gasteiger partial charge >= 0.3 is 6.09 Å². The highest BCUT2D eigenvalue weighted by atomic mass is 35.5. The Hall–Kier alpha value is -1.75. The molecule has 102 valence electrons. The smallest absolute Gasteiger partial charge is 0.410 e. The zero-order valence-corrected chi connectivity index (χ0v) is 11.4. The first-order valence-electron chi connectivity index (χ1n) is 6.04. The Labute approximate surface area is 116 Å². The van der Waals surface area contributed by atoms with Crippen molar-refractivity contribution in [3.63, 3.8) is 0 Å². The molecule has 2 rings (SSSR count). The van der Waals surface area contributed by atoms with E-state index in [1.165, 1.54) is 4.90 Å². The Morgan fingerprint density at radius 2 is 2.32 bits per heavy atom. The highest BCUT2D eigenvalue weighted by Gasteiger charge is 2.22. The van der Waals surface area contributed by atoms with Gasteiger partial charge in [0.05, 0.1) is 6.61 Å². The van der Waals surface area contributed by atoms with Gasteiger partial charge in [-0.1, -0.05) is 11.6 Å². The number of halogens is 1. The SMILES string of the molecule is Cc1cc(Cl)ccc1NC(=O)CN1CCCOC1=O. The van der Waals surface area contributed by atoms with Crippen LogP contribution in [0.1, 0.15) is 12.0 Å². The number of nitrogens with zero attached hydrogens (tertiary/aromatic N) is 1. The number of nitrogens with one attached hydrogen (secondary N) is 1. The summed E-state index contributed by atoms with van der Waals surface area (Å²) >= 11 is 5.85. The molecular formula is C13H15ClN2O3. The van der Waals surface area contributed by atoms with E-state index in [4.69, 9.17) is 16.3 Å². The van der Waals surface area contributed by atoms with Gasteiger partial charge in [0.2, 0.25) is 5.91 Å². The minimum atomic E-state index is -0.436. The summed E-state index contributed by atoms with van der Waals surface area (Å²) in [5.74, 6) is -0.246. The molecule has 6 heteroatoms. The van der Waals surface area contributed by atoms with Gasteiger partial charge in [-0.25, -0.2) is 4.79 Å². The van der Waals surface area contributed by atoms with Crippen LogP contribution in [-0.4, -0.2) is 36.6 Å². The van der Waals surface area contributed by atoms with Crippen molar-refractivity contribution in [3.8, 4) is 0 Å². The lowest BCUT2D eigenvalue weighted by Crippen LogP contribution is -2.42. The number of cyclic esters (lactones) is 1. The van der Waals surface area contributed by atoms with Crippen LogP contribution in [0.4, 0.5) is 10.5 Å². The fourth-order valence-electron chi connectivity index (χ4n) is 1.87. The van der Waals surface area contributed by atoms with E-state index in [9.17, 15) is 9.59 Å². The van der Waals surface area contributed by atoms with E-state index < -0.39 is 6.09 Å². The minimum absolute atomic E-state index is 0.000893. The predicted octanol–water partition coefficient (Wildman–Crippen LogP) is 2.43. The summed E-state index contributed by atoms with van der Waals surface area (Å²) in [5, 5.41) is 3.38. The zero-order chi connectivity index (χ0) is 13.8. The summed E-state index contributed by atoms with van der Waals surface area (Å²) < 4.78 is 4.87. The molecule has 19 heavy (non-hydrogen) atoms. The summed E-state index contributed by atoms with van der Waals surface area (Å²) in [6, 6.07) is 5.22. The van der Waals surface area contributed by atoms with Crippen LogP contribution in [0.2, 0.25) is 5.02 Å². The van der Waals surface area contributed by atoms with Gasteiger partial charge in [-0.3, -0.25) is 9.69 Å². The van der Waals surface area contributed by atoms with Crippen LogP contribution < -0.4 is 5.32 Å². The molecule has 2 amide bonds.